The molecule has 3 aromatic rings. The lowest BCUT2D eigenvalue weighted by Crippen LogP contribution is -2.15. The van der Waals surface area contributed by atoms with Crippen LogP contribution in [0.5, 0.6) is 5.75 Å². The highest BCUT2D eigenvalue weighted by Gasteiger charge is 2.13. The highest BCUT2D eigenvalue weighted by atomic mass is 35.5. The van der Waals surface area contributed by atoms with Crippen molar-refractivity contribution in [3.63, 3.8) is 0 Å². The largest absolute Gasteiger partial charge is 0.484 e. The Morgan fingerprint density at radius 2 is 1.96 bits per heavy atom. The van der Waals surface area contributed by atoms with E-state index in [0.29, 0.717) is 21.8 Å². The SMILES string of the molecule is Cc1cccc(NC(=O)CSc2nnc(COc3ccccc3Cl)n2C)c1C. The van der Waals surface area contributed by atoms with Crippen LogP contribution in [0.25, 0.3) is 0 Å². The third-order valence-corrected chi connectivity index (χ3v) is 5.66. The number of halogens is 1. The van der Waals surface area contributed by atoms with E-state index in [9.17, 15) is 4.79 Å². The van der Waals surface area contributed by atoms with E-state index in [0.717, 1.165) is 16.8 Å². The molecule has 1 N–H and O–H groups in total. The fraction of sp³-hybridized carbons (Fsp3) is 0.250. The number of thioether (sulfide) groups is 1. The summed E-state index contributed by atoms with van der Waals surface area (Å²) in [6, 6.07) is 13.1. The molecular weight excluding hydrogens is 396 g/mol. The summed E-state index contributed by atoms with van der Waals surface area (Å²) in [5, 5.41) is 12.4. The first-order valence-corrected chi connectivity index (χ1v) is 10.1. The summed E-state index contributed by atoms with van der Waals surface area (Å²) in [6.07, 6.45) is 0. The number of rotatable bonds is 7. The van der Waals surface area contributed by atoms with Gasteiger partial charge in [0.15, 0.2) is 11.0 Å². The van der Waals surface area contributed by atoms with Gasteiger partial charge in [0.2, 0.25) is 5.91 Å². The van der Waals surface area contributed by atoms with Crippen molar-refractivity contribution in [2.75, 3.05) is 11.1 Å². The number of hydrogen-bond donors (Lipinski definition) is 1. The smallest absolute Gasteiger partial charge is 0.234 e. The summed E-state index contributed by atoms with van der Waals surface area (Å²) >= 11 is 7.42. The summed E-state index contributed by atoms with van der Waals surface area (Å²) in [7, 11) is 1.84. The minimum atomic E-state index is -0.0874. The molecule has 0 saturated heterocycles. The molecule has 1 amide bonds. The predicted octanol–water partition coefficient (Wildman–Crippen LogP) is 4.40. The number of para-hydroxylation sites is 1. The number of aromatic nitrogens is 3. The van der Waals surface area contributed by atoms with E-state index in [2.05, 4.69) is 15.5 Å². The van der Waals surface area contributed by atoms with E-state index in [1.807, 2.05) is 55.8 Å². The molecule has 0 saturated carbocycles. The number of ether oxygens (including phenoxy) is 1. The van der Waals surface area contributed by atoms with Gasteiger partial charge in [-0.1, -0.05) is 47.6 Å². The van der Waals surface area contributed by atoms with Gasteiger partial charge in [-0.15, -0.1) is 10.2 Å². The molecule has 1 heterocycles. The van der Waals surface area contributed by atoms with Crippen LogP contribution < -0.4 is 10.1 Å². The third kappa shape index (κ3) is 4.85. The fourth-order valence-corrected chi connectivity index (χ4v) is 3.42. The third-order valence-electron chi connectivity index (χ3n) is 4.33. The van der Waals surface area contributed by atoms with Crippen molar-refractivity contribution in [3.8, 4) is 5.75 Å². The van der Waals surface area contributed by atoms with Crippen molar-refractivity contribution in [2.45, 2.75) is 25.6 Å². The quantitative estimate of drug-likeness (QED) is 0.578. The summed E-state index contributed by atoms with van der Waals surface area (Å²) in [4.78, 5) is 12.3. The zero-order chi connectivity index (χ0) is 20.1. The maximum atomic E-state index is 12.3. The van der Waals surface area contributed by atoms with Gasteiger partial charge in [-0.2, -0.15) is 0 Å². The van der Waals surface area contributed by atoms with Crippen LogP contribution in [0.3, 0.4) is 0 Å². The number of carbonyl (C=O) groups is 1. The van der Waals surface area contributed by atoms with Gasteiger partial charge < -0.3 is 14.6 Å². The molecule has 0 atom stereocenters. The van der Waals surface area contributed by atoms with Crippen LogP contribution in [-0.2, 0) is 18.4 Å². The summed E-state index contributed by atoms with van der Waals surface area (Å²) in [6.45, 7) is 4.25. The Bertz CT molecular complexity index is 990. The number of carbonyl (C=O) groups excluding carboxylic acids is 1. The van der Waals surface area contributed by atoms with Gasteiger partial charge in [-0.25, -0.2) is 0 Å². The number of benzene rings is 2. The van der Waals surface area contributed by atoms with Gasteiger partial charge in [-0.3, -0.25) is 4.79 Å². The monoisotopic (exact) mass is 416 g/mol. The number of nitrogens with one attached hydrogen (secondary N) is 1. The molecule has 0 aliphatic carbocycles. The van der Waals surface area contributed by atoms with Crippen molar-refractivity contribution >= 4 is 35.0 Å². The Kier molecular flexibility index (Phi) is 6.59. The maximum absolute atomic E-state index is 12.3. The molecule has 28 heavy (non-hydrogen) atoms. The molecule has 146 valence electrons. The highest BCUT2D eigenvalue weighted by molar-refractivity contribution is 7.99. The standard InChI is InChI=1S/C20H21ClN4O2S/c1-13-7-6-9-16(14(13)2)22-19(26)12-28-20-24-23-18(25(20)3)11-27-17-10-5-4-8-15(17)21/h4-10H,11-12H2,1-3H3,(H,22,26). The van der Waals surface area contributed by atoms with E-state index < -0.39 is 0 Å². The first-order chi connectivity index (χ1) is 13.5. The van der Waals surface area contributed by atoms with Gasteiger partial charge in [0.25, 0.3) is 0 Å². The molecule has 8 heteroatoms. The number of hydrogen-bond acceptors (Lipinski definition) is 5. The maximum Gasteiger partial charge on any atom is 0.234 e. The highest BCUT2D eigenvalue weighted by Crippen LogP contribution is 2.24. The normalized spacial score (nSPS) is 10.7. The average molecular weight is 417 g/mol. The van der Waals surface area contributed by atoms with Crippen LogP contribution in [0.2, 0.25) is 5.02 Å². The molecule has 0 bridgehead atoms. The fourth-order valence-electron chi connectivity index (χ4n) is 2.50. The van der Waals surface area contributed by atoms with Gasteiger partial charge in [-0.05, 0) is 43.2 Å². The lowest BCUT2D eigenvalue weighted by molar-refractivity contribution is -0.113. The molecule has 0 aliphatic heterocycles. The van der Waals surface area contributed by atoms with Gasteiger partial charge in [0, 0.05) is 12.7 Å². The van der Waals surface area contributed by atoms with Crippen LogP contribution >= 0.6 is 23.4 Å². The second-order valence-electron chi connectivity index (χ2n) is 6.26. The van der Waals surface area contributed by atoms with Crippen LogP contribution in [0.15, 0.2) is 47.6 Å². The first-order valence-electron chi connectivity index (χ1n) is 8.70. The lowest BCUT2D eigenvalue weighted by atomic mass is 10.1. The molecule has 0 spiro atoms. The summed E-state index contributed by atoms with van der Waals surface area (Å²) in [5.41, 5.74) is 3.04. The molecule has 6 nitrogen and oxygen atoms in total. The Labute approximate surface area is 173 Å². The molecule has 2 aromatic carbocycles. The average Bonchev–Trinajstić information content (AvgIpc) is 3.03. The van der Waals surface area contributed by atoms with Crippen molar-refractivity contribution < 1.29 is 9.53 Å². The van der Waals surface area contributed by atoms with Crippen LogP contribution in [0.4, 0.5) is 5.69 Å². The Morgan fingerprint density at radius 1 is 1.18 bits per heavy atom. The zero-order valence-electron chi connectivity index (χ0n) is 15.9. The van der Waals surface area contributed by atoms with Crippen molar-refractivity contribution in [1.29, 1.82) is 0 Å². The summed E-state index contributed by atoms with van der Waals surface area (Å²) < 4.78 is 7.51. The second-order valence-corrected chi connectivity index (χ2v) is 7.61. The Hall–Kier alpha value is -2.51. The van der Waals surface area contributed by atoms with E-state index in [4.69, 9.17) is 16.3 Å². The van der Waals surface area contributed by atoms with Crippen LogP contribution in [0, 0.1) is 13.8 Å². The molecular formula is C20H21ClN4O2S. The number of aryl methyl sites for hydroxylation is 1. The van der Waals surface area contributed by atoms with E-state index in [1.165, 1.54) is 11.8 Å². The first kappa shape index (κ1) is 20.2. The van der Waals surface area contributed by atoms with E-state index in [-0.39, 0.29) is 18.3 Å². The van der Waals surface area contributed by atoms with Crippen molar-refractivity contribution in [3.05, 3.63) is 64.4 Å². The number of amides is 1. The molecule has 0 unspecified atom stereocenters. The predicted molar refractivity (Wildman–Crippen MR) is 112 cm³/mol. The second kappa shape index (κ2) is 9.12. The zero-order valence-corrected chi connectivity index (χ0v) is 17.5. The van der Waals surface area contributed by atoms with Gasteiger partial charge >= 0.3 is 0 Å². The van der Waals surface area contributed by atoms with Crippen molar-refractivity contribution in [1.82, 2.24) is 14.8 Å². The number of anilines is 1. The molecule has 1 aromatic heterocycles. The van der Waals surface area contributed by atoms with Crippen molar-refractivity contribution in [2.24, 2.45) is 7.05 Å². The Morgan fingerprint density at radius 3 is 2.75 bits per heavy atom. The van der Waals surface area contributed by atoms with E-state index >= 15 is 0 Å². The van der Waals surface area contributed by atoms with Gasteiger partial charge in [0.1, 0.15) is 12.4 Å². The minimum absolute atomic E-state index is 0.0874. The van der Waals surface area contributed by atoms with Crippen LogP contribution in [-0.4, -0.2) is 26.4 Å². The summed E-state index contributed by atoms with van der Waals surface area (Å²) in [5.74, 6) is 1.40. The van der Waals surface area contributed by atoms with Crippen LogP contribution in [0.1, 0.15) is 17.0 Å². The van der Waals surface area contributed by atoms with E-state index in [1.54, 1.807) is 12.1 Å². The topological polar surface area (TPSA) is 69.0 Å². The minimum Gasteiger partial charge on any atom is -0.484 e. The lowest BCUT2D eigenvalue weighted by Gasteiger charge is -2.10. The molecule has 0 radical (unpaired) electrons. The molecule has 0 fully saturated rings. The molecule has 3 rings (SSSR count). The Balaban J connectivity index is 1.56. The molecule has 0 aliphatic rings. The van der Waals surface area contributed by atoms with Gasteiger partial charge in [0.05, 0.1) is 10.8 Å². The number of nitrogens with zero attached hydrogens (tertiary/aromatic N) is 3.